The monoisotopic (exact) mass is 380 g/mol. The maximum absolute atomic E-state index is 6.43. The zero-order chi connectivity index (χ0) is 20.1. The van der Waals surface area contributed by atoms with E-state index < -0.39 is 0 Å². The van der Waals surface area contributed by atoms with Crippen LogP contribution in [0.1, 0.15) is 74.7 Å². The van der Waals surface area contributed by atoms with Crippen LogP contribution in [0, 0.1) is 5.92 Å². The Morgan fingerprint density at radius 1 is 0.741 bits per heavy atom. The summed E-state index contributed by atoms with van der Waals surface area (Å²) < 4.78 is 30.9. The Labute approximate surface area is 166 Å². The minimum Gasteiger partial charge on any atom is -0.403 e. The first kappa shape index (κ1) is 21.6. The highest BCUT2D eigenvalue weighted by molar-refractivity contribution is 6.49. The summed E-state index contributed by atoms with van der Waals surface area (Å²) in [7, 11) is -0.347. The summed E-state index contributed by atoms with van der Waals surface area (Å²) in [5.41, 5.74) is -1.16. The zero-order valence-corrected chi connectivity index (χ0v) is 18.6. The first-order valence-electron chi connectivity index (χ1n) is 10.6. The lowest BCUT2D eigenvalue weighted by Gasteiger charge is -2.32. The third-order valence-corrected chi connectivity index (χ3v) is 7.53. The molecule has 0 amide bonds. The van der Waals surface area contributed by atoms with Gasteiger partial charge in [-0.15, -0.1) is 0 Å². The van der Waals surface area contributed by atoms with Crippen molar-refractivity contribution in [2.24, 2.45) is 5.92 Å². The van der Waals surface area contributed by atoms with Crippen molar-refractivity contribution in [1.29, 1.82) is 0 Å². The van der Waals surface area contributed by atoms with Crippen molar-refractivity contribution in [2.45, 2.75) is 109 Å². The molecule has 3 heterocycles. The minimum absolute atomic E-state index is 0.167. The fourth-order valence-electron chi connectivity index (χ4n) is 4.21. The van der Waals surface area contributed by atoms with E-state index in [4.69, 9.17) is 23.4 Å². The smallest absolute Gasteiger partial charge is 0.403 e. The van der Waals surface area contributed by atoms with Crippen LogP contribution in [0.5, 0.6) is 0 Å². The van der Waals surface area contributed by atoms with E-state index >= 15 is 0 Å². The summed E-state index contributed by atoms with van der Waals surface area (Å²) in [6.45, 7) is 18.6. The molecule has 0 aromatic heterocycles. The van der Waals surface area contributed by atoms with Gasteiger partial charge in [0, 0.05) is 13.2 Å². The molecule has 7 heteroatoms. The van der Waals surface area contributed by atoms with E-state index in [1.54, 1.807) is 0 Å². The number of hydrogen-bond donors (Lipinski definition) is 0. The second-order valence-electron chi connectivity index (χ2n) is 10.5. The van der Waals surface area contributed by atoms with Gasteiger partial charge in [0.25, 0.3) is 0 Å². The highest BCUT2D eigenvalue weighted by Crippen LogP contribution is 2.46. The molecule has 3 fully saturated rings. The van der Waals surface area contributed by atoms with Gasteiger partial charge in [-0.05, 0) is 86.3 Å². The van der Waals surface area contributed by atoms with Crippen molar-refractivity contribution in [3.05, 3.63) is 0 Å². The van der Waals surface area contributed by atoms with E-state index in [0.29, 0.717) is 11.7 Å². The lowest BCUT2D eigenvalue weighted by atomic mass is 9.58. The van der Waals surface area contributed by atoms with Crippen LogP contribution >= 0.6 is 0 Å². The summed E-state index contributed by atoms with van der Waals surface area (Å²) in [6, 6.07) is 0. The van der Waals surface area contributed by atoms with E-state index in [-0.39, 0.29) is 36.6 Å². The Hall–Kier alpha value is -0.0701. The van der Waals surface area contributed by atoms with Gasteiger partial charge in [0.15, 0.2) is 0 Å². The van der Waals surface area contributed by atoms with E-state index in [0.717, 1.165) is 38.8 Å². The van der Waals surface area contributed by atoms with Gasteiger partial charge in [0.1, 0.15) is 0 Å². The Morgan fingerprint density at radius 2 is 1.19 bits per heavy atom. The molecule has 0 aliphatic carbocycles. The fraction of sp³-hybridized carbons (Fsp3) is 1.00. The summed E-state index contributed by atoms with van der Waals surface area (Å²) in [4.78, 5) is 0. The van der Waals surface area contributed by atoms with Gasteiger partial charge in [0.2, 0.25) is 0 Å². The zero-order valence-electron chi connectivity index (χ0n) is 18.6. The van der Waals surface area contributed by atoms with Crippen LogP contribution in [0.3, 0.4) is 0 Å². The second kappa shape index (κ2) is 7.32. The molecule has 0 bridgehead atoms. The van der Waals surface area contributed by atoms with Crippen molar-refractivity contribution in [3.8, 4) is 0 Å². The molecule has 0 spiro atoms. The number of rotatable bonds is 5. The molecule has 3 aliphatic heterocycles. The van der Waals surface area contributed by atoms with Crippen LogP contribution in [0.25, 0.3) is 0 Å². The minimum atomic E-state index is -0.300. The Bertz CT molecular complexity index is 496. The van der Waals surface area contributed by atoms with E-state index in [9.17, 15) is 0 Å². The van der Waals surface area contributed by atoms with Crippen LogP contribution in [-0.2, 0) is 23.4 Å². The van der Waals surface area contributed by atoms with Crippen molar-refractivity contribution < 1.29 is 23.4 Å². The SMILES string of the molecule is CC1(C)OB(CCC(B2OC(C)(C)C(C)(C)O2)C2CCOCC2)OC1(C)C. The predicted molar refractivity (Wildman–Crippen MR) is 109 cm³/mol. The third-order valence-electron chi connectivity index (χ3n) is 7.53. The Kier molecular flexibility index (Phi) is 5.86. The first-order chi connectivity index (χ1) is 12.3. The van der Waals surface area contributed by atoms with Gasteiger partial charge < -0.3 is 23.4 Å². The van der Waals surface area contributed by atoms with Gasteiger partial charge >= 0.3 is 14.2 Å². The van der Waals surface area contributed by atoms with E-state index in [1.807, 2.05) is 0 Å². The molecule has 5 nitrogen and oxygen atoms in total. The molecular weight excluding hydrogens is 342 g/mol. The molecule has 0 N–H and O–H groups in total. The van der Waals surface area contributed by atoms with Gasteiger partial charge in [0.05, 0.1) is 22.4 Å². The summed E-state index contributed by atoms with van der Waals surface area (Å²) in [5, 5.41) is 0. The van der Waals surface area contributed by atoms with Gasteiger partial charge in [-0.1, -0.05) is 6.42 Å². The Morgan fingerprint density at radius 3 is 1.67 bits per heavy atom. The quantitative estimate of drug-likeness (QED) is 0.664. The third kappa shape index (κ3) is 4.28. The average Bonchev–Trinajstić information content (AvgIpc) is 2.87. The molecule has 27 heavy (non-hydrogen) atoms. The normalized spacial score (nSPS) is 30.7. The molecule has 1 unspecified atom stereocenters. The molecule has 3 saturated heterocycles. The van der Waals surface area contributed by atoms with Crippen LogP contribution < -0.4 is 0 Å². The van der Waals surface area contributed by atoms with Crippen LogP contribution in [0.2, 0.25) is 12.1 Å². The molecule has 0 aromatic carbocycles. The molecule has 1 atom stereocenters. The summed E-state index contributed by atoms with van der Waals surface area (Å²) >= 11 is 0. The van der Waals surface area contributed by atoms with Gasteiger partial charge in [-0.25, -0.2) is 0 Å². The van der Waals surface area contributed by atoms with Crippen LogP contribution in [0.15, 0.2) is 0 Å². The maximum Gasteiger partial charge on any atom is 0.461 e. The predicted octanol–water partition coefficient (Wildman–Crippen LogP) is 4.36. The fourth-order valence-corrected chi connectivity index (χ4v) is 4.21. The Balaban J connectivity index is 1.68. The number of hydrogen-bond acceptors (Lipinski definition) is 5. The molecule has 0 aromatic rings. The summed E-state index contributed by atoms with van der Waals surface area (Å²) in [5.74, 6) is 0.879. The highest BCUT2D eigenvalue weighted by Gasteiger charge is 2.56. The molecule has 0 saturated carbocycles. The van der Waals surface area contributed by atoms with Gasteiger partial charge in [-0.2, -0.15) is 0 Å². The number of ether oxygens (including phenoxy) is 1. The van der Waals surface area contributed by atoms with Crippen molar-refractivity contribution in [2.75, 3.05) is 13.2 Å². The molecular formula is C20H38B2O5. The maximum atomic E-state index is 6.43. The molecule has 3 aliphatic rings. The van der Waals surface area contributed by atoms with Crippen LogP contribution in [-0.4, -0.2) is 49.9 Å². The molecule has 3 rings (SSSR count). The van der Waals surface area contributed by atoms with Gasteiger partial charge in [-0.3, -0.25) is 0 Å². The molecule has 0 radical (unpaired) electrons. The standard InChI is InChI=1S/C20H38B2O5/c1-17(2)18(3,4)25-21(24-17)12-9-16(15-10-13-23-14-11-15)22-26-19(5,6)20(7,8)27-22/h15-16H,9-14H2,1-8H3. The topological polar surface area (TPSA) is 46.2 Å². The van der Waals surface area contributed by atoms with Crippen LogP contribution in [0.4, 0.5) is 0 Å². The first-order valence-corrected chi connectivity index (χ1v) is 10.6. The lowest BCUT2D eigenvalue weighted by Crippen LogP contribution is -2.41. The largest absolute Gasteiger partial charge is 0.461 e. The lowest BCUT2D eigenvalue weighted by molar-refractivity contribution is 0.00578. The summed E-state index contributed by atoms with van der Waals surface area (Å²) in [6.07, 6.45) is 3.97. The van der Waals surface area contributed by atoms with Crippen molar-refractivity contribution in [1.82, 2.24) is 0 Å². The van der Waals surface area contributed by atoms with E-state index in [1.165, 1.54) is 0 Å². The second-order valence-corrected chi connectivity index (χ2v) is 10.5. The van der Waals surface area contributed by atoms with Crippen molar-refractivity contribution >= 4 is 14.2 Å². The average molecular weight is 380 g/mol. The molecule has 154 valence electrons. The van der Waals surface area contributed by atoms with E-state index in [2.05, 4.69) is 55.4 Å². The highest BCUT2D eigenvalue weighted by atomic mass is 16.7. The van der Waals surface area contributed by atoms with Crippen molar-refractivity contribution in [3.63, 3.8) is 0 Å².